The summed E-state index contributed by atoms with van der Waals surface area (Å²) in [6.45, 7) is 0. The summed E-state index contributed by atoms with van der Waals surface area (Å²) in [6.07, 6.45) is 5.55. The van der Waals surface area contributed by atoms with E-state index in [9.17, 15) is 4.79 Å². The van der Waals surface area contributed by atoms with Crippen LogP contribution in [0, 0.1) is 0 Å². The van der Waals surface area contributed by atoms with Gasteiger partial charge in [-0.05, 0) is 24.3 Å². The molecule has 1 aliphatic rings. The number of hydrogen-bond acceptors (Lipinski definition) is 5. The molecule has 25 heavy (non-hydrogen) atoms. The number of methoxy groups -OCH3 is 1. The number of benzene rings is 1. The molecule has 0 aliphatic carbocycles. The van der Waals surface area contributed by atoms with E-state index < -0.39 is 0 Å². The number of amides is 1. The fourth-order valence-electron chi connectivity index (χ4n) is 2.89. The monoisotopic (exact) mass is 355 g/mol. The maximum Gasteiger partial charge on any atom is 0.235 e. The number of carbonyl (C=O) groups excluding carboxylic acids is 1. The van der Waals surface area contributed by atoms with Crippen LogP contribution in [0.25, 0.3) is 5.69 Å². The Morgan fingerprint density at radius 3 is 2.80 bits per heavy atom. The Labute approximate surface area is 149 Å². The third-order valence-electron chi connectivity index (χ3n) is 4.07. The van der Waals surface area contributed by atoms with E-state index in [2.05, 4.69) is 15.4 Å². The number of thioether (sulfide) groups is 1. The summed E-state index contributed by atoms with van der Waals surface area (Å²) in [5, 5.41) is 7.14. The normalized spacial score (nSPS) is 16.9. The minimum Gasteiger partial charge on any atom is -0.497 e. The molecule has 128 valence electrons. The molecule has 0 bridgehead atoms. The van der Waals surface area contributed by atoms with Crippen LogP contribution < -0.4 is 10.1 Å². The van der Waals surface area contributed by atoms with Gasteiger partial charge < -0.3 is 10.1 Å². The first-order valence-electron chi connectivity index (χ1n) is 7.77. The Kier molecular flexibility index (Phi) is 3.96. The molecule has 1 aromatic carbocycles. The largest absolute Gasteiger partial charge is 0.497 e. The van der Waals surface area contributed by atoms with Crippen molar-refractivity contribution in [1.82, 2.24) is 19.3 Å². The molecule has 0 saturated heterocycles. The van der Waals surface area contributed by atoms with E-state index in [1.54, 1.807) is 29.9 Å². The van der Waals surface area contributed by atoms with Gasteiger partial charge in [0.1, 0.15) is 12.1 Å². The van der Waals surface area contributed by atoms with Crippen molar-refractivity contribution in [1.29, 1.82) is 0 Å². The first-order chi connectivity index (χ1) is 12.2. The molecular formula is C17H17N5O2S. The molecule has 2 aromatic heterocycles. The van der Waals surface area contributed by atoms with Gasteiger partial charge in [0.2, 0.25) is 5.91 Å². The SMILES string of the molecule is COc1ccc(-n2cnc3c2[C@H](c2cnn(C)c2)SCC(=O)N3)cc1. The van der Waals surface area contributed by atoms with Crippen molar-refractivity contribution in [3.05, 3.63) is 54.2 Å². The summed E-state index contributed by atoms with van der Waals surface area (Å²) in [4.78, 5) is 16.5. The standard InChI is InChI=1S/C17H17N5O2S/c1-21-8-11(7-19-21)16-15-17(20-14(23)9-25-16)18-10-22(15)12-3-5-13(24-2)6-4-12/h3-8,10,16H,9H2,1-2H3,(H,20,23)/t16-/m0/s1. The molecule has 7 nitrogen and oxygen atoms in total. The Balaban J connectivity index is 1.83. The molecule has 0 radical (unpaired) electrons. The van der Waals surface area contributed by atoms with Gasteiger partial charge in [-0.3, -0.25) is 14.0 Å². The van der Waals surface area contributed by atoms with Crippen LogP contribution in [0.15, 0.2) is 43.0 Å². The third kappa shape index (κ3) is 2.89. The number of ether oxygens (including phenoxy) is 1. The predicted octanol–water partition coefficient (Wildman–Crippen LogP) is 2.39. The predicted molar refractivity (Wildman–Crippen MR) is 96.3 cm³/mol. The quantitative estimate of drug-likeness (QED) is 0.781. The molecule has 3 heterocycles. The van der Waals surface area contributed by atoms with Gasteiger partial charge in [-0.25, -0.2) is 4.98 Å². The van der Waals surface area contributed by atoms with Crippen LogP contribution in [0.1, 0.15) is 16.5 Å². The number of aromatic nitrogens is 4. The molecular weight excluding hydrogens is 338 g/mol. The number of nitrogens with one attached hydrogen (secondary N) is 1. The van der Waals surface area contributed by atoms with Gasteiger partial charge in [0.15, 0.2) is 5.82 Å². The molecule has 3 aromatic rings. The summed E-state index contributed by atoms with van der Waals surface area (Å²) >= 11 is 1.57. The van der Waals surface area contributed by atoms with E-state index in [0.29, 0.717) is 11.6 Å². The molecule has 1 N–H and O–H groups in total. The molecule has 0 saturated carbocycles. The second kappa shape index (κ2) is 6.29. The van der Waals surface area contributed by atoms with Crippen molar-refractivity contribution in [3.63, 3.8) is 0 Å². The second-order valence-electron chi connectivity index (χ2n) is 5.73. The number of nitrogens with zero attached hydrogens (tertiary/aromatic N) is 4. The van der Waals surface area contributed by atoms with Gasteiger partial charge in [-0.2, -0.15) is 5.10 Å². The van der Waals surface area contributed by atoms with Crippen LogP contribution in [0.2, 0.25) is 0 Å². The number of imidazole rings is 1. The summed E-state index contributed by atoms with van der Waals surface area (Å²) < 4.78 is 9.00. The average Bonchev–Trinajstić information content (AvgIpc) is 3.19. The van der Waals surface area contributed by atoms with Crippen molar-refractivity contribution in [3.8, 4) is 11.4 Å². The zero-order valence-corrected chi connectivity index (χ0v) is 14.7. The molecule has 8 heteroatoms. The molecule has 0 unspecified atom stereocenters. The minimum absolute atomic E-state index is 0.0350. The highest BCUT2D eigenvalue weighted by atomic mass is 32.2. The van der Waals surface area contributed by atoms with Crippen LogP contribution in [-0.2, 0) is 11.8 Å². The van der Waals surface area contributed by atoms with Crippen LogP contribution in [0.5, 0.6) is 5.75 Å². The van der Waals surface area contributed by atoms with E-state index in [1.807, 2.05) is 48.3 Å². The van der Waals surface area contributed by atoms with Crippen molar-refractivity contribution in [2.24, 2.45) is 7.05 Å². The van der Waals surface area contributed by atoms with Crippen molar-refractivity contribution in [2.45, 2.75) is 5.25 Å². The maximum absolute atomic E-state index is 12.0. The first-order valence-corrected chi connectivity index (χ1v) is 8.82. The van der Waals surface area contributed by atoms with E-state index in [0.717, 1.165) is 22.7 Å². The van der Waals surface area contributed by atoms with E-state index in [1.165, 1.54) is 0 Å². The van der Waals surface area contributed by atoms with Gasteiger partial charge in [0.05, 0.1) is 30.0 Å². The van der Waals surface area contributed by atoms with Crippen molar-refractivity contribution < 1.29 is 9.53 Å². The van der Waals surface area contributed by atoms with Crippen LogP contribution in [0.3, 0.4) is 0 Å². The van der Waals surface area contributed by atoms with Gasteiger partial charge in [0.25, 0.3) is 0 Å². The number of aryl methyl sites for hydroxylation is 1. The number of anilines is 1. The lowest BCUT2D eigenvalue weighted by molar-refractivity contribution is -0.113. The lowest BCUT2D eigenvalue weighted by Crippen LogP contribution is -2.12. The molecule has 0 spiro atoms. The number of carbonyl (C=O) groups is 1. The topological polar surface area (TPSA) is 74.0 Å². The van der Waals surface area contributed by atoms with E-state index >= 15 is 0 Å². The average molecular weight is 355 g/mol. The summed E-state index contributed by atoms with van der Waals surface area (Å²) in [7, 11) is 3.53. The molecule has 1 amide bonds. The highest BCUT2D eigenvalue weighted by Gasteiger charge is 2.29. The van der Waals surface area contributed by atoms with Gasteiger partial charge >= 0.3 is 0 Å². The maximum atomic E-state index is 12.0. The van der Waals surface area contributed by atoms with E-state index in [4.69, 9.17) is 4.74 Å². The Morgan fingerprint density at radius 2 is 2.12 bits per heavy atom. The van der Waals surface area contributed by atoms with Gasteiger partial charge in [-0.1, -0.05) is 0 Å². The van der Waals surface area contributed by atoms with Crippen molar-refractivity contribution in [2.75, 3.05) is 18.2 Å². The summed E-state index contributed by atoms with van der Waals surface area (Å²) in [6, 6.07) is 7.75. The summed E-state index contributed by atoms with van der Waals surface area (Å²) in [5.74, 6) is 1.72. The second-order valence-corrected chi connectivity index (χ2v) is 6.83. The van der Waals surface area contributed by atoms with Crippen LogP contribution >= 0.6 is 11.8 Å². The van der Waals surface area contributed by atoms with Gasteiger partial charge in [0, 0.05) is 24.5 Å². The highest BCUT2D eigenvalue weighted by molar-refractivity contribution is 8.00. The number of fused-ring (bicyclic) bond motifs is 1. The Morgan fingerprint density at radius 1 is 1.32 bits per heavy atom. The van der Waals surface area contributed by atoms with Crippen LogP contribution in [0.4, 0.5) is 5.82 Å². The van der Waals surface area contributed by atoms with Crippen LogP contribution in [-0.4, -0.2) is 38.1 Å². The van der Waals surface area contributed by atoms with E-state index in [-0.39, 0.29) is 11.2 Å². The van der Waals surface area contributed by atoms with Gasteiger partial charge in [-0.15, -0.1) is 11.8 Å². The Hall–Kier alpha value is -2.74. The first kappa shape index (κ1) is 15.8. The molecule has 4 rings (SSSR count). The minimum atomic E-state index is -0.0439. The third-order valence-corrected chi connectivity index (χ3v) is 5.33. The lowest BCUT2D eigenvalue weighted by atomic mass is 10.1. The zero-order chi connectivity index (χ0) is 17.4. The fraction of sp³-hybridized carbons (Fsp3) is 0.235. The smallest absolute Gasteiger partial charge is 0.235 e. The number of hydrogen-bond donors (Lipinski definition) is 1. The number of rotatable bonds is 3. The molecule has 0 fully saturated rings. The fourth-order valence-corrected chi connectivity index (χ4v) is 3.98. The molecule has 1 atom stereocenters. The zero-order valence-electron chi connectivity index (χ0n) is 13.8. The Bertz CT molecular complexity index is 916. The van der Waals surface area contributed by atoms with Crippen molar-refractivity contribution >= 4 is 23.5 Å². The lowest BCUT2D eigenvalue weighted by Gasteiger charge is -2.16. The molecule has 1 aliphatic heterocycles. The summed E-state index contributed by atoms with van der Waals surface area (Å²) in [5.41, 5.74) is 2.94. The highest BCUT2D eigenvalue weighted by Crippen LogP contribution is 2.41.